The number of non-ortho nitro benzene ring substituents is 1. The molecule has 0 saturated heterocycles. The van der Waals surface area contributed by atoms with Gasteiger partial charge in [0.1, 0.15) is 10.6 Å². The highest BCUT2D eigenvalue weighted by Crippen LogP contribution is 2.29. The molecule has 12 heteroatoms. The van der Waals surface area contributed by atoms with Crippen LogP contribution in [0.3, 0.4) is 0 Å². The zero-order valence-corrected chi connectivity index (χ0v) is 18.6. The second-order valence-corrected chi connectivity index (χ2v) is 8.72. The van der Waals surface area contributed by atoms with E-state index >= 15 is 0 Å². The lowest BCUT2D eigenvalue weighted by molar-refractivity contribution is -0.393. The SMILES string of the molecule is O=[N+]([O-])c1ccc(N/N=C\c2ccccc2OS(=O)(=O)c2ccc3ccccc3c2)c([N+](=O)[O-])c1. The number of rotatable bonds is 8. The molecule has 0 radical (unpaired) electrons. The van der Waals surface area contributed by atoms with E-state index in [-0.39, 0.29) is 21.9 Å². The average Bonchev–Trinajstić information content (AvgIpc) is 2.84. The summed E-state index contributed by atoms with van der Waals surface area (Å²) in [7, 11) is -4.17. The number of hydrazone groups is 1. The van der Waals surface area contributed by atoms with Gasteiger partial charge in [-0.05, 0) is 41.1 Å². The Morgan fingerprint density at radius 2 is 1.54 bits per heavy atom. The van der Waals surface area contributed by atoms with Crippen molar-refractivity contribution in [2.24, 2.45) is 5.10 Å². The number of para-hydroxylation sites is 1. The Morgan fingerprint density at radius 1 is 0.829 bits per heavy atom. The molecule has 0 bridgehead atoms. The van der Waals surface area contributed by atoms with E-state index in [0.29, 0.717) is 0 Å². The molecule has 0 unspecified atom stereocenters. The Morgan fingerprint density at radius 3 is 2.29 bits per heavy atom. The quantitative estimate of drug-likeness (QED) is 0.158. The van der Waals surface area contributed by atoms with Gasteiger partial charge in [-0.2, -0.15) is 13.5 Å². The van der Waals surface area contributed by atoms with Crippen LogP contribution in [0.5, 0.6) is 5.75 Å². The van der Waals surface area contributed by atoms with Crippen molar-refractivity contribution < 1.29 is 22.4 Å². The molecule has 35 heavy (non-hydrogen) atoms. The summed E-state index contributed by atoms with van der Waals surface area (Å²) in [6, 6.07) is 21.2. The molecule has 0 amide bonds. The van der Waals surface area contributed by atoms with Crippen molar-refractivity contribution in [3.63, 3.8) is 0 Å². The van der Waals surface area contributed by atoms with Gasteiger partial charge in [-0.25, -0.2) is 0 Å². The lowest BCUT2D eigenvalue weighted by Gasteiger charge is -2.10. The smallest absolute Gasteiger partial charge is 0.339 e. The van der Waals surface area contributed by atoms with Crippen molar-refractivity contribution >= 4 is 44.2 Å². The van der Waals surface area contributed by atoms with Crippen LogP contribution in [0, 0.1) is 20.2 Å². The lowest BCUT2D eigenvalue weighted by atomic mass is 10.1. The van der Waals surface area contributed by atoms with Crippen LogP contribution >= 0.6 is 0 Å². The summed E-state index contributed by atoms with van der Waals surface area (Å²) < 4.78 is 31.1. The van der Waals surface area contributed by atoms with Gasteiger partial charge in [-0.15, -0.1) is 0 Å². The summed E-state index contributed by atoms with van der Waals surface area (Å²) in [4.78, 5) is 20.6. The van der Waals surface area contributed by atoms with Crippen molar-refractivity contribution in [2.45, 2.75) is 4.90 Å². The van der Waals surface area contributed by atoms with Crippen molar-refractivity contribution in [3.05, 3.63) is 111 Å². The number of nitrogens with zero attached hydrogens (tertiary/aromatic N) is 3. The number of nitro groups is 2. The molecule has 11 nitrogen and oxygen atoms in total. The standard InChI is InChI=1S/C23H16N4O7S/c28-26(29)19-10-12-21(22(14-19)27(30)31)25-24-15-18-7-3-4-8-23(18)34-35(32,33)20-11-9-16-5-1-2-6-17(16)13-20/h1-15,25H/b24-15-. The summed E-state index contributed by atoms with van der Waals surface area (Å²) in [6.07, 6.45) is 1.22. The van der Waals surface area contributed by atoms with Crippen LogP contribution in [-0.4, -0.2) is 24.5 Å². The molecule has 4 rings (SSSR count). The first-order chi connectivity index (χ1) is 16.7. The molecule has 1 N–H and O–H groups in total. The van der Waals surface area contributed by atoms with E-state index < -0.39 is 31.3 Å². The predicted molar refractivity (Wildman–Crippen MR) is 129 cm³/mol. The van der Waals surface area contributed by atoms with Crippen LogP contribution in [0.4, 0.5) is 17.1 Å². The van der Waals surface area contributed by atoms with E-state index in [4.69, 9.17) is 4.18 Å². The summed E-state index contributed by atoms with van der Waals surface area (Å²) in [5.74, 6) is -0.00981. The van der Waals surface area contributed by atoms with Gasteiger partial charge in [0, 0.05) is 11.6 Å². The monoisotopic (exact) mass is 492 g/mol. The van der Waals surface area contributed by atoms with Gasteiger partial charge in [0.2, 0.25) is 0 Å². The predicted octanol–water partition coefficient (Wildman–Crippen LogP) is 4.87. The van der Waals surface area contributed by atoms with Crippen molar-refractivity contribution in [1.29, 1.82) is 0 Å². The number of hydrogen-bond donors (Lipinski definition) is 1. The normalized spacial score (nSPS) is 11.4. The van der Waals surface area contributed by atoms with E-state index in [1.54, 1.807) is 36.4 Å². The molecule has 0 aliphatic rings. The van der Waals surface area contributed by atoms with Crippen LogP contribution in [0.1, 0.15) is 5.56 Å². The fourth-order valence-electron chi connectivity index (χ4n) is 3.20. The van der Waals surface area contributed by atoms with Gasteiger partial charge in [0.25, 0.3) is 5.69 Å². The minimum absolute atomic E-state index is 0.00981. The number of nitro benzene ring substituents is 2. The molecule has 0 aliphatic carbocycles. The van der Waals surface area contributed by atoms with E-state index in [1.807, 2.05) is 12.1 Å². The maximum Gasteiger partial charge on any atom is 0.339 e. The fraction of sp³-hybridized carbons (Fsp3) is 0. The highest BCUT2D eigenvalue weighted by atomic mass is 32.2. The molecule has 176 valence electrons. The largest absolute Gasteiger partial charge is 0.378 e. The highest BCUT2D eigenvalue weighted by Gasteiger charge is 2.20. The van der Waals surface area contributed by atoms with Crippen LogP contribution < -0.4 is 9.61 Å². The Bertz CT molecular complexity index is 1590. The third kappa shape index (κ3) is 5.23. The lowest BCUT2D eigenvalue weighted by Crippen LogP contribution is -2.11. The Hall–Kier alpha value is -4.84. The summed E-state index contributed by atoms with van der Waals surface area (Å²) in [5, 5.41) is 27.7. The minimum Gasteiger partial charge on any atom is -0.378 e. The molecule has 0 aliphatic heterocycles. The number of fused-ring (bicyclic) bond motifs is 1. The van der Waals surface area contributed by atoms with E-state index in [1.165, 1.54) is 24.4 Å². The Kier molecular flexibility index (Phi) is 6.38. The molecule has 0 atom stereocenters. The van der Waals surface area contributed by atoms with Gasteiger partial charge >= 0.3 is 15.8 Å². The maximum absolute atomic E-state index is 12.9. The number of benzene rings is 4. The molecule has 0 fully saturated rings. The van der Waals surface area contributed by atoms with Crippen molar-refractivity contribution in [3.8, 4) is 5.75 Å². The Labute approximate surface area is 198 Å². The fourth-order valence-corrected chi connectivity index (χ4v) is 4.19. The summed E-state index contributed by atoms with van der Waals surface area (Å²) >= 11 is 0. The molecule has 4 aromatic carbocycles. The molecule has 4 aromatic rings. The van der Waals surface area contributed by atoms with Crippen LogP contribution in [-0.2, 0) is 10.1 Å². The first-order valence-electron chi connectivity index (χ1n) is 9.99. The zero-order chi connectivity index (χ0) is 25.0. The second kappa shape index (κ2) is 9.57. The summed E-state index contributed by atoms with van der Waals surface area (Å²) in [5.41, 5.74) is 1.66. The number of hydrogen-bond acceptors (Lipinski definition) is 9. The maximum atomic E-state index is 12.9. The third-order valence-electron chi connectivity index (χ3n) is 4.91. The Balaban J connectivity index is 1.58. The third-order valence-corrected chi connectivity index (χ3v) is 6.14. The molecule has 0 aromatic heterocycles. The van der Waals surface area contributed by atoms with Crippen LogP contribution in [0.2, 0.25) is 0 Å². The highest BCUT2D eigenvalue weighted by molar-refractivity contribution is 7.87. The van der Waals surface area contributed by atoms with Gasteiger partial charge in [0.05, 0.1) is 22.1 Å². The second-order valence-electron chi connectivity index (χ2n) is 7.17. The molecular formula is C23H16N4O7S. The molecule has 0 saturated carbocycles. The first kappa shape index (κ1) is 23.3. The van der Waals surface area contributed by atoms with Crippen molar-refractivity contribution in [1.82, 2.24) is 0 Å². The van der Waals surface area contributed by atoms with Gasteiger partial charge in [0.15, 0.2) is 5.75 Å². The van der Waals surface area contributed by atoms with E-state index in [2.05, 4.69) is 10.5 Å². The van der Waals surface area contributed by atoms with Gasteiger partial charge in [-0.3, -0.25) is 25.7 Å². The topological polar surface area (TPSA) is 154 Å². The van der Waals surface area contributed by atoms with Gasteiger partial charge in [-0.1, -0.05) is 42.5 Å². The van der Waals surface area contributed by atoms with Crippen molar-refractivity contribution in [2.75, 3.05) is 5.43 Å². The average molecular weight is 492 g/mol. The van der Waals surface area contributed by atoms with Crippen LogP contribution in [0.25, 0.3) is 10.8 Å². The van der Waals surface area contributed by atoms with E-state index in [9.17, 15) is 28.6 Å². The summed E-state index contributed by atoms with van der Waals surface area (Å²) in [6.45, 7) is 0. The number of anilines is 1. The van der Waals surface area contributed by atoms with Gasteiger partial charge < -0.3 is 4.18 Å². The zero-order valence-electron chi connectivity index (χ0n) is 17.8. The first-order valence-corrected chi connectivity index (χ1v) is 11.4. The van der Waals surface area contributed by atoms with Crippen LogP contribution in [0.15, 0.2) is 94.9 Å². The van der Waals surface area contributed by atoms with E-state index in [0.717, 1.165) is 29.0 Å². The minimum atomic E-state index is -4.17. The molecule has 0 spiro atoms. The number of nitrogens with one attached hydrogen (secondary N) is 1. The molecule has 0 heterocycles. The molecular weight excluding hydrogens is 476 g/mol.